The number of fused-ring (bicyclic) bond motifs is 1. The Bertz CT molecular complexity index is 509. The second-order valence-corrected chi connectivity index (χ2v) is 6.86. The average molecular weight is 295 g/mol. The Morgan fingerprint density at radius 1 is 1.35 bits per heavy atom. The quantitative estimate of drug-likeness (QED) is 0.285. The molecule has 0 unspecified atom stereocenters. The molecule has 3 N–H and O–H groups in total. The van der Waals surface area contributed by atoms with Crippen LogP contribution in [0.4, 0.5) is 0 Å². The van der Waals surface area contributed by atoms with Crippen molar-refractivity contribution in [1.29, 1.82) is 0 Å². The molecule has 1 aliphatic heterocycles. The molecule has 0 atom stereocenters. The first-order valence-corrected chi connectivity index (χ1v) is 8.22. The maximum Gasteiger partial charge on any atom is 0.191 e. The van der Waals surface area contributed by atoms with Crippen molar-refractivity contribution in [3.8, 4) is 0 Å². The van der Waals surface area contributed by atoms with Gasteiger partial charge in [-0.3, -0.25) is 0 Å². The first kappa shape index (κ1) is 13.7. The lowest BCUT2D eigenvalue weighted by Crippen LogP contribution is -2.19. The van der Waals surface area contributed by atoms with Crippen LogP contribution in [0.15, 0.2) is 10.3 Å². The molecule has 1 aromatic heterocycles. The molecule has 7 heteroatoms. The predicted octanol–water partition coefficient (Wildman–Crippen LogP) is 2.01. The van der Waals surface area contributed by atoms with E-state index in [-0.39, 0.29) is 5.41 Å². The van der Waals surface area contributed by atoms with E-state index in [0.717, 1.165) is 42.5 Å². The van der Waals surface area contributed by atoms with E-state index in [2.05, 4.69) is 19.9 Å². The second kappa shape index (κ2) is 5.63. The minimum absolute atomic E-state index is 0.206. The van der Waals surface area contributed by atoms with E-state index in [4.69, 9.17) is 10.9 Å². The molecule has 20 heavy (non-hydrogen) atoms. The van der Waals surface area contributed by atoms with E-state index in [1.165, 1.54) is 19.3 Å². The van der Waals surface area contributed by atoms with Gasteiger partial charge in [-0.15, -0.1) is 10.2 Å². The summed E-state index contributed by atoms with van der Waals surface area (Å²) in [7, 11) is 0. The molecule has 0 saturated heterocycles. The van der Waals surface area contributed by atoms with Crippen molar-refractivity contribution in [3.05, 3.63) is 5.82 Å². The zero-order valence-corrected chi connectivity index (χ0v) is 12.4. The van der Waals surface area contributed by atoms with Crippen LogP contribution in [-0.2, 0) is 13.0 Å². The van der Waals surface area contributed by atoms with Gasteiger partial charge >= 0.3 is 0 Å². The molecule has 2 aliphatic rings. The molecule has 1 fully saturated rings. The van der Waals surface area contributed by atoms with Gasteiger partial charge in [-0.2, -0.15) is 0 Å². The Hall–Kier alpha value is -1.24. The monoisotopic (exact) mass is 295 g/mol. The number of aromatic nitrogens is 3. The number of rotatable bonds is 5. The molecule has 0 spiro atoms. The summed E-state index contributed by atoms with van der Waals surface area (Å²) in [5.74, 6) is 2.44. The van der Waals surface area contributed by atoms with Gasteiger partial charge in [0, 0.05) is 25.1 Å². The van der Waals surface area contributed by atoms with Crippen LogP contribution in [0.1, 0.15) is 44.3 Å². The zero-order valence-electron chi connectivity index (χ0n) is 11.6. The zero-order chi connectivity index (χ0) is 14.0. The fourth-order valence-electron chi connectivity index (χ4n) is 2.75. The molecule has 0 radical (unpaired) electrons. The predicted molar refractivity (Wildman–Crippen MR) is 78.0 cm³/mol. The van der Waals surface area contributed by atoms with Gasteiger partial charge in [0.2, 0.25) is 0 Å². The van der Waals surface area contributed by atoms with E-state index < -0.39 is 0 Å². The maximum atomic E-state index is 8.70. The van der Waals surface area contributed by atoms with Crippen molar-refractivity contribution in [2.75, 3.05) is 5.75 Å². The van der Waals surface area contributed by atoms with Crippen LogP contribution in [0.5, 0.6) is 0 Å². The van der Waals surface area contributed by atoms with E-state index in [1.807, 2.05) is 0 Å². The summed E-state index contributed by atoms with van der Waals surface area (Å²) in [6.07, 6.45) is 7.74. The SMILES string of the molecule is NC(CC1(CSc2nnc3n2CCCCC3)CC1)=NO. The molecule has 1 saturated carbocycles. The number of hydrogen-bond donors (Lipinski definition) is 2. The molecule has 0 aromatic carbocycles. The van der Waals surface area contributed by atoms with Gasteiger partial charge in [0.25, 0.3) is 0 Å². The van der Waals surface area contributed by atoms with Gasteiger partial charge in [-0.1, -0.05) is 23.3 Å². The third-order valence-corrected chi connectivity index (χ3v) is 5.54. The van der Waals surface area contributed by atoms with Gasteiger partial charge in [0.15, 0.2) is 5.16 Å². The van der Waals surface area contributed by atoms with Crippen LogP contribution in [0.2, 0.25) is 0 Å². The first-order chi connectivity index (χ1) is 9.72. The molecule has 110 valence electrons. The fraction of sp³-hybridized carbons (Fsp3) is 0.769. The number of thioether (sulfide) groups is 1. The molecule has 1 aliphatic carbocycles. The molecular weight excluding hydrogens is 274 g/mol. The van der Waals surface area contributed by atoms with Gasteiger partial charge in [-0.25, -0.2) is 0 Å². The lowest BCUT2D eigenvalue weighted by Gasteiger charge is -2.13. The van der Waals surface area contributed by atoms with E-state index in [9.17, 15) is 0 Å². The number of nitrogens with two attached hydrogens (primary N) is 1. The smallest absolute Gasteiger partial charge is 0.191 e. The summed E-state index contributed by atoms with van der Waals surface area (Å²) in [5.41, 5.74) is 5.84. The van der Waals surface area contributed by atoms with E-state index in [0.29, 0.717) is 12.3 Å². The summed E-state index contributed by atoms with van der Waals surface area (Å²) < 4.78 is 2.28. The summed E-state index contributed by atoms with van der Waals surface area (Å²) in [5, 5.41) is 21.5. The van der Waals surface area contributed by atoms with Crippen LogP contribution >= 0.6 is 11.8 Å². The van der Waals surface area contributed by atoms with Gasteiger partial charge in [0.1, 0.15) is 11.7 Å². The molecule has 3 rings (SSSR count). The van der Waals surface area contributed by atoms with Gasteiger partial charge in [0.05, 0.1) is 0 Å². The minimum Gasteiger partial charge on any atom is -0.409 e. The molecule has 2 heterocycles. The maximum absolute atomic E-state index is 8.70. The van der Waals surface area contributed by atoms with Crippen molar-refractivity contribution in [1.82, 2.24) is 14.8 Å². The highest BCUT2D eigenvalue weighted by Crippen LogP contribution is 2.51. The Balaban J connectivity index is 1.63. The van der Waals surface area contributed by atoms with Crippen LogP contribution in [0, 0.1) is 5.41 Å². The van der Waals surface area contributed by atoms with Gasteiger partial charge in [-0.05, 0) is 31.1 Å². The average Bonchev–Trinajstić information content (AvgIpc) is 3.17. The number of nitrogens with zero attached hydrogens (tertiary/aromatic N) is 4. The highest BCUT2D eigenvalue weighted by Gasteiger charge is 2.43. The number of aryl methyl sites for hydroxylation is 1. The van der Waals surface area contributed by atoms with E-state index in [1.54, 1.807) is 11.8 Å². The van der Waals surface area contributed by atoms with Gasteiger partial charge < -0.3 is 15.5 Å². The number of amidine groups is 1. The molecular formula is C13H21N5OS. The van der Waals surface area contributed by atoms with Crippen molar-refractivity contribution in [3.63, 3.8) is 0 Å². The normalized spacial score (nSPS) is 21.3. The molecule has 0 amide bonds. The van der Waals surface area contributed by atoms with E-state index >= 15 is 0 Å². The summed E-state index contributed by atoms with van der Waals surface area (Å²) in [6, 6.07) is 0. The highest BCUT2D eigenvalue weighted by molar-refractivity contribution is 7.99. The fourth-order valence-corrected chi connectivity index (χ4v) is 4.03. The van der Waals surface area contributed by atoms with Crippen LogP contribution in [-0.4, -0.2) is 31.6 Å². The van der Waals surface area contributed by atoms with Crippen molar-refractivity contribution >= 4 is 17.6 Å². The minimum atomic E-state index is 0.206. The Kier molecular flexibility index (Phi) is 3.87. The summed E-state index contributed by atoms with van der Waals surface area (Å²) in [4.78, 5) is 0. The van der Waals surface area contributed by atoms with Crippen molar-refractivity contribution in [2.24, 2.45) is 16.3 Å². The standard InChI is InChI=1S/C13H21N5OS/c14-10(17-19)8-13(5-6-13)9-20-12-16-15-11-4-2-1-3-7-18(11)12/h19H,1-9H2,(H2,14,17). The Labute approximate surface area is 122 Å². The molecule has 1 aromatic rings. The summed E-state index contributed by atoms with van der Waals surface area (Å²) >= 11 is 1.77. The first-order valence-electron chi connectivity index (χ1n) is 7.24. The lowest BCUT2D eigenvalue weighted by atomic mass is 10.1. The molecule has 0 bridgehead atoms. The van der Waals surface area contributed by atoms with Crippen LogP contribution < -0.4 is 5.73 Å². The Morgan fingerprint density at radius 3 is 2.95 bits per heavy atom. The van der Waals surface area contributed by atoms with Crippen LogP contribution in [0.25, 0.3) is 0 Å². The highest BCUT2D eigenvalue weighted by atomic mass is 32.2. The largest absolute Gasteiger partial charge is 0.409 e. The second-order valence-electron chi connectivity index (χ2n) is 5.92. The third kappa shape index (κ3) is 2.92. The summed E-state index contributed by atoms with van der Waals surface area (Å²) in [6.45, 7) is 1.04. The lowest BCUT2D eigenvalue weighted by molar-refractivity contribution is 0.315. The molecule has 6 nitrogen and oxygen atoms in total. The third-order valence-electron chi connectivity index (χ3n) is 4.22. The number of hydrogen-bond acceptors (Lipinski definition) is 5. The topological polar surface area (TPSA) is 89.3 Å². The number of oxime groups is 1. The van der Waals surface area contributed by atoms with Crippen molar-refractivity contribution < 1.29 is 5.21 Å². The van der Waals surface area contributed by atoms with Crippen molar-refractivity contribution in [2.45, 2.75) is 56.6 Å². The van der Waals surface area contributed by atoms with Crippen LogP contribution in [0.3, 0.4) is 0 Å². The Morgan fingerprint density at radius 2 is 2.20 bits per heavy atom.